The molecule has 0 saturated carbocycles. The fraction of sp³-hybridized carbons (Fsp3) is 0.455. The van der Waals surface area contributed by atoms with Crippen molar-refractivity contribution >= 4 is 5.91 Å². The second kappa shape index (κ2) is 5.37. The number of hydrogen-bond acceptors (Lipinski definition) is 2. The van der Waals surface area contributed by atoms with E-state index in [1.807, 2.05) is 26.0 Å². The molecule has 3 heteroatoms. The summed E-state index contributed by atoms with van der Waals surface area (Å²) in [5.74, 6) is 0.108. The number of aromatic nitrogens is 1. The first-order valence-corrected chi connectivity index (χ1v) is 4.93. The van der Waals surface area contributed by atoms with E-state index < -0.39 is 0 Å². The maximum absolute atomic E-state index is 11.3. The zero-order valence-electron chi connectivity index (χ0n) is 8.66. The molecule has 1 unspecified atom stereocenters. The Morgan fingerprint density at radius 1 is 1.50 bits per heavy atom. The summed E-state index contributed by atoms with van der Waals surface area (Å²) >= 11 is 0. The number of carbonyl (C=O) groups excluding carboxylic acids is 1. The molecule has 0 saturated heterocycles. The molecule has 0 fully saturated rings. The van der Waals surface area contributed by atoms with Gasteiger partial charge in [0.1, 0.15) is 0 Å². The number of rotatable bonds is 4. The predicted molar refractivity (Wildman–Crippen MR) is 55.7 cm³/mol. The summed E-state index contributed by atoms with van der Waals surface area (Å²) in [6.45, 7) is 3.97. The summed E-state index contributed by atoms with van der Waals surface area (Å²) in [5.41, 5.74) is 1.09. The van der Waals surface area contributed by atoms with Crippen LogP contribution in [0.4, 0.5) is 0 Å². The molecule has 1 rings (SSSR count). The molecule has 14 heavy (non-hydrogen) atoms. The van der Waals surface area contributed by atoms with Crippen LogP contribution >= 0.6 is 0 Å². The van der Waals surface area contributed by atoms with E-state index in [-0.39, 0.29) is 11.9 Å². The number of hydrogen-bond donors (Lipinski definition) is 1. The van der Waals surface area contributed by atoms with Crippen LogP contribution in [0.25, 0.3) is 0 Å². The first kappa shape index (κ1) is 10.7. The van der Waals surface area contributed by atoms with Gasteiger partial charge in [0, 0.05) is 18.8 Å². The normalized spacial score (nSPS) is 12.1. The van der Waals surface area contributed by atoms with Gasteiger partial charge in [-0.15, -0.1) is 0 Å². The molecule has 0 radical (unpaired) electrons. The average Bonchev–Trinajstić information content (AvgIpc) is 2.19. The summed E-state index contributed by atoms with van der Waals surface area (Å²) in [7, 11) is 0. The van der Waals surface area contributed by atoms with Gasteiger partial charge in [0.15, 0.2) is 0 Å². The Labute approximate surface area is 84.6 Å². The lowest BCUT2D eigenvalue weighted by atomic mass is 10.1. The summed E-state index contributed by atoms with van der Waals surface area (Å²) < 4.78 is 0. The van der Waals surface area contributed by atoms with Crippen LogP contribution in [0.15, 0.2) is 24.5 Å². The third-order valence-corrected chi connectivity index (χ3v) is 2.06. The maximum Gasteiger partial charge on any atom is 0.220 e. The van der Waals surface area contributed by atoms with Gasteiger partial charge < -0.3 is 5.32 Å². The van der Waals surface area contributed by atoms with E-state index >= 15 is 0 Å². The molecule has 1 N–H and O–H groups in total. The van der Waals surface area contributed by atoms with Crippen molar-refractivity contribution in [2.24, 2.45) is 0 Å². The Hall–Kier alpha value is -1.38. The van der Waals surface area contributed by atoms with E-state index in [1.165, 1.54) is 0 Å². The molecule has 76 valence electrons. The third-order valence-electron chi connectivity index (χ3n) is 2.06. The number of amides is 1. The summed E-state index contributed by atoms with van der Waals surface area (Å²) in [6, 6.07) is 3.89. The van der Waals surface area contributed by atoms with E-state index in [4.69, 9.17) is 0 Å². The molecule has 0 bridgehead atoms. The van der Waals surface area contributed by atoms with Crippen molar-refractivity contribution in [3.8, 4) is 0 Å². The summed E-state index contributed by atoms with van der Waals surface area (Å²) in [6.07, 6.45) is 4.94. The zero-order valence-corrected chi connectivity index (χ0v) is 8.66. The number of nitrogens with one attached hydrogen (secondary N) is 1. The van der Waals surface area contributed by atoms with Crippen LogP contribution in [0, 0.1) is 0 Å². The van der Waals surface area contributed by atoms with Gasteiger partial charge in [-0.1, -0.05) is 6.92 Å². The number of nitrogens with zero attached hydrogens (tertiary/aromatic N) is 1. The highest BCUT2D eigenvalue weighted by Crippen LogP contribution is 2.10. The van der Waals surface area contributed by atoms with Gasteiger partial charge in [0.2, 0.25) is 5.91 Å². The van der Waals surface area contributed by atoms with E-state index in [0.717, 1.165) is 12.0 Å². The number of carbonyl (C=O) groups is 1. The molecule has 0 aromatic carbocycles. The second-order valence-electron chi connectivity index (χ2n) is 3.32. The Balaban J connectivity index is 2.50. The largest absolute Gasteiger partial charge is 0.350 e. The molecule has 1 amide bonds. The quantitative estimate of drug-likeness (QED) is 0.793. The molecule has 0 spiro atoms. The van der Waals surface area contributed by atoms with Gasteiger partial charge in [-0.05, 0) is 31.0 Å². The summed E-state index contributed by atoms with van der Waals surface area (Å²) in [4.78, 5) is 15.2. The third kappa shape index (κ3) is 3.17. The van der Waals surface area contributed by atoms with Crippen LogP contribution in [0.2, 0.25) is 0 Å². The average molecular weight is 192 g/mol. The number of pyridine rings is 1. The fourth-order valence-corrected chi connectivity index (χ4v) is 1.28. The van der Waals surface area contributed by atoms with Gasteiger partial charge >= 0.3 is 0 Å². The Kier molecular flexibility index (Phi) is 4.11. The van der Waals surface area contributed by atoms with Crippen LogP contribution in [-0.4, -0.2) is 10.9 Å². The van der Waals surface area contributed by atoms with Crippen molar-refractivity contribution in [1.82, 2.24) is 10.3 Å². The van der Waals surface area contributed by atoms with Gasteiger partial charge in [-0.25, -0.2) is 0 Å². The molecule has 3 nitrogen and oxygen atoms in total. The molecular weight excluding hydrogens is 176 g/mol. The Morgan fingerprint density at radius 3 is 2.71 bits per heavy atom. The van der Waals surface area contributed by atoms with E-state index in [1.54, 1.807) is 12.4 Å². The van der Waals surface area contributed by atoms with Crippen molar-refractivity contribution < 1.29 is 4.79 Å². The minimum absolute atomic E-state index is 0.0667. The molecule has 1 aromatic rings. The van der Waals surface area contributed by atoms with Crippen molar-refractivity contribution in [1.29, 1.82) is 0 Å². The second-order valence-corrected chi connectivity index (χ2v) is 3.32. The van der Waals surface area contributed by atoms with Gasteiger partial charge in [-0.2, -0.15) is 0 Å². The lowest BCUT2D eigenvalue weighted by Gasteiger charge is -2.13. The first-order chi connectivity index (χ1) is 6.74. The zero-order chi connectivity index (χ0) is 10.4. The Morgan fingerprint density at radius 2 is 2.14 bits per heavy atom. The maximum atomic E-state index is 11.3. The highest BCUT2D eigenvalue weighted by molar-refractivity contribution is 5.76. The fourth-order valence-electron chi connectivity index (χ4n) is 1.28. The molecule has 0 aliphatic carbocycles. The molecule has 1 aromatic heterocycles. The van der Waals surface area contributed by atoms with Crippen molar-refractivity contribution in [2.75, 3.05) is 0 Å². The topological polar surface area (TPSA) is 42.0 Å². The van der Waals surface area contributed by atoms with Crippen molar-refractivity contribution in [2.45, 2.75) is 32.7 Å². The van der Waals surface area contributed by atoms with Gasteiger partial charge in [-0.3, -0.25) is 9.78 Å². The SMILES string of the molecule is CCCC(=O)NC(C)c1ccncc1. The first-order valence-electron chi connectivity index (χ1n) is 4.93. The van der Waals surface area contributed by atoms with Crippen molar-refractivity contribution in [3.63, 3.8) is 0 Å². The lowest BCUT2D eigenvalue weighted by molar-refractivity contribution is -0.121. The monoisotopic (exact) mass is 192 g/mol. The van der Waals surface area contributed by atoms with Crippen LogP contribution in [-0.2, 0) is 4.79 Å². The predicted octanol–water partition coefficient (Wildman–Crippen LogP) is 2.06. The lowest BCUT2D eigenvalue weighted by Crippen LogP contribution is -2.26. The van der Waals surface area contributed by atoms with Crippen LogP contribution in [0.5, 0.6) is 0 Å². The van der Waals surface area contributed by atoms with Crippen molar-refractivity contribution in [3.05, 3.63) is 30.1 Å². The van der Waals surface area contributed by atoms with Gasteiger partial charge in [0.25, 0.3) is 0 Å². The molecular formula is C11H16N2O. The van der Waals surface area contributed by atoms with Gasteiger partial charge in [0.05, 0.1) is 6.04 Å². The van der Waals surface area contributed by atoms with Crippen LogP contribution < -0.4 is 5.32 Å². The highest BCUT2D eigenvalue weighted by Gasteiger charge is 2.07. The standard InChI is InChI=1S/C11H16N2O/c1-3-4-11(14)13-9(2)10-5-7-12-8-6-10/h5-9H,3-4H2,1-2H3,(H,13,14). The van der Waals surface area contributed by atoms with E-state index in [0.29, 0.717) is 6.42 Å². The minimum atomic E-state index is 0.0667. The molecule has 1 heterocycles. The van der Waals surface area contributed by atoms with Crippen LogP contribution in [0.3, 0.4) is 0 Å². The molecule has 1 atom stereocenters. The van der Waals surface area contributed by atoms with Crippen LogP contribution in [0.1, 0.15) is 38.3 Å². The summed E-state index contributed by atoms with van der Waals surface area (Å²) in [5, 5.41) is 2.93. The highest BCUT2D eigenvalue weighted by atomic mass is 16.1. The smallest absolute Gasteiger partial charge is 0.220 e. The molecule has 0 aliphatic rings. The van der Waals surface area contributed by atoms with E-state index in [2.05, 4.69) is 10.3 Å². The molecule has 0 aliphatic heterocycles. The minimum Gasteiger partial charge on any atom is -0.350 e. The Bertz CT molecular complexity index is 285. The van der Waals surface area contributed by atoms with E-state index in [9.17, 15) is 4.79 Å².